The molecular weight excluding hydrogens is 422 g/mol. The van der Waals surface area contributed by atoms with Crippen molar-refractivity contribution in [3.63, 3.8) is 0 Å². The predicted molar refractivity (Wildman–Crippen MR) is 125 cm³/mol. The van der Waals surface area contributed by atoms with Crippen LogP contribution < -0.4 is 10.6 Å². The normalized spacial score (nSPS) is 13.2. The molecule has 1 atom stereocenters. The fraction of sp³-hybridized carbons (Fsp3) is 0.400. The number of ether oxygens (including phenoxy) is 1. The number of amides is 2. The van der Waals surface area contributed by atoms with E-state index >= 15 is 0 Å². The zero-order valence-electron chi connectivity index (χ0n) is 19.0. The van der Waals surface area contributed by atoms with Crippen molar-refractivity contribution in [2.75, 3.05) is 33.8 Å². The van der Waals surface area contributed by atoms with Gasteiger partial charge in [0.25, 0.3) is 0 Å². The maximum Gasteiger partial charge on any atom is 0.407 e. The first kappa shape index (κ1) is 24.3. The molecule has 176 valence electrons. The van der Waals surface area contributed by atoms with E-state index in [1.165, 1.54) is 0 Å². The Balaban J connectivity index is 1.59. The topological polar surface area (TPSA) is 108 Å². The molecule has 33 heavy (non-hydrogen) atoms. The van der Waals surface area contributed by atoms with Crippen molar-refractivity contribution < 1.29 is 24.2 Å². The van der Waals surface area contributed by atoms with Gasteiger partial charge in [0.1, 0.15) is 12.6 Å². The van der Waals surface area contributed by atoms with Gasteiger partial charge in [-0.15, -0.1) is 0 Å². The molecule has 8 heteroatoms. The van der Waals surface area contributed by atoms with Crippen LogP contribution in [0.25, 0.3) is 11.1 Å². The van der Waals surface area contributed by atoms with Gasteiger partial charge < -0.3 is 25.4 Å². The second-order valence-corrected chi connectivity index (χ2v) is 8.40. The second-order valence-electron chi connectivity index (χ2n) is 8.40. The minimum Gasteiger partial charge on any atom is -0.481 e. The molecule has 8 nitrogen and oxygen atoms in total. The molecule has 0 fully saturated rings. The summed E-state index contributed by atoms with van der Waals surface area (Å²) in [5.41, 5.74) is 4.53. The number of nitrogens with one attached hydrogen (secondary N) is 2. The van der Waals surface area contributed by atoms with Gasteiger partial charge in [0.05, 0.1) is 0 Å². The van der Waals surface area contributed by atoms with Gasteiger partial charge in [-0.2, -0.15) is 0 Å². The lowest BCUT2D eigenvalue weighted by Crippen LogP contribution is -2.48. The molecule has 0 saturated heterocycles. The molecule has 0 heterocycles. The van der Waals surface area contributed by atoms with Crippen molar-refractivity contribution in [1.82, 2.24) is 15.5 Å². The molecule has 1 unspecified atom stereocenters. The number of carbonyl (C=O) groups excluding carboxylic acids is 2. The Morgan fingerprint density at radius 1 is 1.03 bits per heavy atom. The van der Waals surface area contributed by atoms with Crippen molar-refractivity contribution in [1.29, 1.82) is 0 Å². The van der Waals surface area contributed by atoms with Crippen LogP contribution in [0.2, 0.25) is 0 Å². The van der Waals surface area contributed by atoms with E-state index in [9.17, 15) is 14.4 Å². The van der Waals surface area contributed by atoms with Crippen LogP contribution in [-0.2, 0) is 14.3 Å². The van der Waals surface area contributed by atoms with E-state index in [0.29, 0.717) is 19.4 Å². The Kier molecular flexibility index (Phi) is 8.43. The third-order valence-corrected chi connectivity index (χ3v) is 5.68. The number of carbonyl (C=O) groups is 3. The molecule has 0 saturated carbocycles. The Labute approximate surface area is 193 Å². The van der Waals surface area contributed by atoms with Gasteiger partial charge in [0.2, 0.25) is 5.91 Å². The van der Waals surface area contributed by atoms with Gasteiger partial charge in [0.15, 0.2) is 0 Å². The first-order valence-electron chi connectivity index (χ1n) is 11.1. The third kappa shape index (κ3) is 6.55. The number of hydrogen-bond donors (Lipinski definition) is 3. The molecule has 1 aliphatic rings. The molecule has 1 aliphatic carbocycles. The summed E-state index contributed by atoms with van der Waals surface area (Å²) in [6.45, 7) is 0.993. The number of nitrogens with zero attached hydrogens (tertiary/aromatic N) is 1. The van der Waals surface area contributed by atoms with E-state index in [2.05, 4.69) is 22.8 Å². The minimum absolute atomic E-state index is 0.0253. The van der Waals surface area contributed by atoms with Gasteiger partial charge >= 0.3 is 12.1 Å². The number of aliphatic carboxylic acids is 1. The lowest BCUT2D eigenvalue weighted by molar-refractivity contribution is -0.137. The van der Waals surface area contributed by atoms with Gasteiger partial charge in [-0.25, -0.2) is 4.79 Å². The van der Waals surface area contributed by atoms with E-state index in [1.54, 1.807) is 0 Å². The number of carboxylic acids is 1. The molecule has 3 rings (SSSR count). The number of fused-ring (bicyclic) bond motifs is 3. The first-order chi connectivity index (χ1) is 15.9. The van der Waals surface area contributed by atoms with Crippen LogP contribution in [0, 0.1) is 0 Å². The molecule has 0 bridgehead atoms. The highest BCUT2D eigenvalue weighted by Gasteiger charge is 2.29. The summed E-state index contributed by atoms with van der Waals surface area (Å²) in [7, 11) is 3.77. The number of rotatable bonds is 11. The summed E-state index contributed by atoms with van der Waals surface area (Å²) in [4.78, 5) is 37.7. The van der Waals surface area contributed by atoms with Crippen molar-refractivity contribution in [3.8, 4) is 11.1 Å². The zero-order chi connectivity index (χ0) is 23.8. The first-order valence-corrected chi connectivity index (χ1v) is 11.1. The Morgan fingerprint density at radius 2 is 1.64 bits per heavy atom. The van der Waals surface area contributed by atoms with Crippen LogP contribution in [0.4, 0.5) is 4.79 Å². The van der Waals surface area contributed by atoms with Crippen LogP contribution in [0.15, 0.2) is 48.5 Å². The van der Waals surface area contributed by atoms with Crippen LogP contribution >= 0.6 is 0 Å². The molecule has 0 spiro atoms. The quantitative estimate of drug-likeness (QED) is 0.452. The minimum atomic E-state index is -0.912. The van der Waals surface area contributed by atoms with Crippen molar-refractivity contribution >= 4 is 18.0 Å². The summed E-state index contributed by atoms with van der Waals surface area (Å²) in [5, 5.41) is 14.1. The summed E-state index contributed by atoms with van der Waals surface area (Å²) < 4.78 is 5.56. The van der Waals surface area contributed by atoms with Crippen LogP contribution in [0.5, 0.6) is 0 Å². The van der Waals surface area contributed by atoms with Crippen molar-refractivity contribution in [2.45, 2.75) is 31.2 Å². The fourth-order valence-electron chi connectivity index (χ4n) is 4.01. The van der Waals surface area contributed by atoms with E-state index in [4.69, 9.17) is 9.84 Å². The Bertz CT molecular complexity index is 946. The summed E-state index contributed by atoms with van der Waals surface area (Å²) in [5.74, 6) is -1.32. The van der Waals surface area contributed by atoms with Crippen molar-refractivity contribution in [2.24, 2.45) is 0 Å². The Morgan fingerprint density at radius 3 is 2.21 bits per heavy atom. The van der Waals surface area contributed by atoms with Crippen LogP contribution in [0.1, 0.15) is 36.3 Å². The smallest absolute Gasteiger partial charge is 0.407 e. The lowest BCUT2D eigenvalue weighted by atomic mass is 9.98. The predicted octanol–water partition coefficient (Wildman–Crippen LogP) is 2.83. The molecule has 3 N–H and O–H groups in total. The number of alkyl carbamates (subject to hydrolysis) is 1. The van der Waals surface area contributed by atoms with Gasteiger partial charge in [-0.3, -0.25) is 9.59 Å². The molecule has 0 aliphatic heterocycles. The molecule has 2 aromatic rings. The maximum atomic E-state index is 12.6. The monoisotopic (exact) mass is 453 g/mol. The lowest BCUT2D eigenvalue weighted by Gasteiger charge is -2.21. The third-order valence-electron chi connectivity index (χ3n) is 5.68. The highest BCUT2D eigenvalue weighted by molar-refractivity contribution is 5.85. The summed E-state index contributed by atoms with van der Waals surface area (Å²) >= 11 is 0. The Hall–Kier alpha value is -3.39. The molecular formula is C25H31N3O5. The average molecular weight is 454 g/mol. The number of hydrogen-bond acceptors (Lipinski definition) is 5. The SMILES string of the molecule is CN(C)CCC(NC(=O)OCC1c2ccccc2-c2ccccc21)C(=O)NCCCC(=O)O. The summed E-state index contributed by atoms with van der Waals surface area (Å²) in [6, 6.07) is 15.4. The van der Waals surface area contributed by atoms with E-state index in [0.717, 1.165) is 22.3 Å². The van der Waals surface area contributed by atoms with Crippen LogP contribution in [-0.4, -0.2) is 67.8 Å². The highest BCUT2D eigenvalue weighted by Crippen LogP contribution is 2.44. The number of carboxylic acid groups (broad SMARTS) is 1. The highest BCUT2D eigenvalue weighted by atomic mass is 16.5. The largest absolute Gasteiger partial charge is 0.481 e. The molecule has 0 aromatic heterocycles. The zero-order valence-corrected chi connectivity index (χ0v) is 19.0. The maximum absolute atomic E-state index is 12.6. The average Bonchev–Trinajstić information content (AvgIpc) is 3.11. The number of benzene rings is 2. The van der Waals surface area contributed by atoms with Crippen molar-refractivity contribution in [3.05, 3.63) is 59.7 Å². The fourth-order valence-corrected chi connectivity index (χ4v) is 4.01. The van der Waals surface area contributed by atoms with E-state index < -0.39 is 18.1 Å². The summed E-state index contributed by atoms with van der Waals surface area (Å²) in [6.07, 6.45) is 0.0536. The van der Waals surface area contributed by atoms with E-state index in [1.807, 2.05) is 55.4 Å². The van der Waals surface area contributed by atoms with Crippen LogP contribution in [0.3, 0.4) is 0 Å². The standard InChI is InChI=1S/C25H31N3O5/c1-28(2)15-13-22(24(31)26-14-7-12-23(29)30)27-25(32)33-16-21-19-10-5-3-8-17(19)18-9-4-6-11-20(18)21/h3-6,8-11,21-22H,7,12-16H2,1-2H3,(H,26,31)(H,27,32)(H,29,30). The second kappa shape index (κ2) is 11.5. The van der Waals surface area contributed by atoms with Gasteiger partial charge in [0, 0.05) is 18.9 Å². The van der Waals surface area contributed by atoms with Gasteiger partial charge in [-0.05, 0) is 55.7 Å². The van der Waals surface area contributed by atoms with E-state index in [-0.39, 0.29) is 31.4 Å². The molecule has 0 radical (unpaired) electrons. The molecule has 2 amide bonds. The molecule has 2 aromatic carbocycles. The van der Waals surface area contributed by atoms with Gasteiger partial charge in [-0.1, -0.05) is 48.5 Å².